The van der Waals surface area contributed by atoms with Gasteiger partial charge in [0, 0.05) is 35.6 Å². The Labute approximate surface area is 199 Å². The van der Waals surface area contributed by atoms with Crippen LogP contribution in [0.5, 0.6) is 0 Å². The summed E-state index contributed by atoms with van der Waals surface area (Å²) in [5.74, 6) is -0.624. The number of nitrogens with zero attached hydrogens (tertiary/aromatic N) is 3. The Morgan fingerprint density at radius 3 is 2.32 bits per heavy atom. The second-order valence-electron chi connectivity index (χ2n) is 8.13. The predicted octanol–water partition coefficient (Wildman–Crippen LogP) is 6.29. The van der Waals surface area contributed by atoms with E-state index in [0.29, 0.717) is 22.8 Å². The van der Waals surface area contributed by atoms with Crippen molar-refractivity contribution in [1.29, 1.82) is 0 Å². The van der Waals surface area contributed by atoms with Crippen LogP contribution in [0.2, 0.25) is 5.02 Å². The fourth-order valence-electron chi connectivity index (χ4n) is 4.35. The van der Waals surface area contributed by atoms with Gasteiger partial charge < -0.3 is 9.80 Å². The molecule has 3 aromatic rings. The van der Waals surface area contributed by atoms with Crippen LogP contribution < -0.4 is 9.80 Å². The van der Waals surface area contributed by atoms with Crippen molar-refractivity contribution in [3.8, 4) is 0 Å². The highest BCUT2D eigenvalue weighted by Gasteiger charge is 2.38. The Bertz CT molecular complexity index is 1210. The lowest BCUT2D eigenvalue weighted by Crippen LogP contribution is -2.47. The lowest BCUT2D eigenvalue weighted by Gasteiger charge is -2.43. The number of para-hydroxylation sites is 1. The van der Waals surface area contributed by atoms with Crippen LogP contribution in [-0.4, -0.2) is 22.8 Å². The van der Waals surface area contributed by atoms with Crippen LogP contribution in [0.25, 0.3) is 0 Å². The summed E-state index contributed by atoms with van der Waals surface area (Å²) in [7, 11) is 0. The van der Waals surface area contributed by atoms with E-state index in [0.717, 1.165) is 23.9 Å². The van der Waals surface area contributed by atoms with Crippen LogP contribution in [0.15, 0.2) is 66.9 Å². The van der Waals surface area contributed by atoms with Gasteiger partial charge in [-0.1, -0.05) is 29.8 Å². The smallest absolute Gasteiger partial charge is 0.305 e. The summed E-state index contributed by atoms with van der Waals surface area (Å²) in [5.41, 5.74) is 1.02. The first-order valence-corrected chi connectivity index (χ1v) is 11.0. The largest absolute Gasteiger partial charge is 0.433 e. The number of hydrogen-bond donors (Lipinski definition) is 0. The number of anilines is 2. The quantitative estimate of drug-likeness (QED) is 0.436. The van der Waals surface area contributed by atoms with E-state index in [4.69, 9.17) is 11.6 Å². The topological polar surface area (TPSA) is 53.5 Å². The molecule has 0 saturated carbocycles. The molecule has 2 atom stereocenters. The fourth-order valence-corrected chi connectivity index (χ4v) is 4.47. The summed E-state index contributed by atoms with van der Waals surface area (Å²) in [5, 5.41) is 0.548. The molecule has 176 valence electrons. The Morgan fingerprint density at radius 2 is 1.74 bits per heavy atom. The second-order valence-corrected chi connectivity index (χ2v) is 8.57. The number of carbonyl (C=O) groups excluding carboxylic acids is 2. The summed E-state index contributed by atoms with van der Waals surface area (Å²) in [4.78, 5) is 32.7. The second kappa shape index (κ2) is 9.10. The summed E-state index contributed by atoms with van der Waals surface area (Å²) in [6, 6.07) is 15.4. The molecule has 4 rings (SSSR count). The first-order chi connectivity index (χ1) is 16.1. The molecule has 0 unspecified atom stereocenters. The Morgan fingerprint density at radius 1 is 1.06 bits per heavy atom. The standard InChI is InChI=1S/C25H21ClF3N3O2/c1-15-13-22(32(16(2)33)19-10-8-18(26)9-11-19)20-5-3-4-6-21(20)31(15)24(34)17-7-12-23(30-14-17)25(27,28)29/h3-12,14-15,22H,13H2,1-2H3/t15-,22+/m0/s1. The van der Waals surface area contributed by atoms with Crippen molar-refractivity contribution < 1.29 is 22.8 Å². The van der Waals surface area contributed by atoms with E-state index in [9.17, 15) is 22.8 Å². The third kappa shape index (κ3) is 4.50. The number of alkyl halides is 3. The van der Waals surface area contributed by atoms with Crippen LogP contribution >= 0.6 is 11.6 Å². The van der Waals surface area contributed by atoms with E-state index in [2.05, 4.69) is 4.98 Å². The van der Waals surface area contributed by atoms with Gasteiger partial charge in [0.1, 0.15) is 5.69 Å². The molecule has 0 fully saturated rings. The van der Waals surface area contributed by atoms with Crippen molar-refractivity contribution in [3.63, 3.8) is 0 Å². The molecule has 0 bridgehead atoms. The highest BCUT2D eigenvalue weighted by Crippen LogP contribution is 2.43. The number of aromatic nitrogens is 1. The van der Waals surface area contributed by atoms with Crippen molar-refractivity contribution in [2.75, 3.05) is 9.80 Å². The zero-order valence-corrected chi connectivity index (χ0v) is 19.1. The summed E-state index contributed by atoms with van der Waals surface area (Å²) in [6.45, 7) is 3.33. The van der Waals surface area contributed by atoms with Crippen LogP contribution in [0.4, 0.5) is 24.5 Å². The third-order valence-electron chi connectivity index (χ3n) is 5.84. The Kier molecular flexibility index (Phi) is 6.36. The van der Waals surface area contributed by atoms with Gasteiger partial charge in [0.2, 0.25) is 5.91 Å². The number of carbonyl (C=O) groups is 2. The maximum Gasteiger partial charge on any atom is 0.433 e. The highest BCUT2D eigenvalue weighted by molar-refractivity contribution is 6.30. The SMILES string of the molecule is CC(=O)N(c1ccc(Cl)cc1)[C@@H]1C[C@H](C)N(C(=O)c2ccc(C(F)(F)F)nc2)c2ccccc21. The van der Waals surface area contributed by atoms with E-state index in [1.54, 1.807) is 46.2 Å². The monoisotopic (exact) mass is 487 g/mol. The summed E-state index contributed by atoms with van der Waals surface area (Å²) < 4.78 is 38.6. The van der Waals surface area contributed by atoms with Crippen molar-refractivity contribution in [2.45, 2.75) is 38.5 Å². The van der Waals surface area contributed by atoms with Gasteiger partial charge in [-0.15, -0.1) is 0 Å². The minimum atomic E-state index is -4.59. The number of benzene rings is 2. The third-order valence-corrected chi connectivity index (χ3v) is 6.09. The maximum absolute atomic E-state index is 13.4. The molecule has 0 aliphatic carbocycles. The van der Waals surface area contributed by atoms with Crippen molar-refractivity contribution in [1.82, 2.24) is 4.98 Å². The lowest BCUT2D eigenvalue weighted by molar-refractivity contribution is -0.141. The molecule has 9 heteroatoms. The molecule has 2 aromatic carbocycles. The van der Waals surface area contributed by atoms with Crippen molar-refractivity contribution in [3.05, 3.63) is 88.7 Å². The van der Waals surface area contributed by atoms with E-state index < -0.39 is 17.8 Å². The molecular weight excluding hydrogens is 467 g/mol. The van der Waals surface area contributed by atoms with Crippen LogP contribution in [0.1, 0.15) is 47.9 Å². The molecule has 5 nitrogen and oxygen atoms in total. The van der Waals surface area contributed by atoms with Gasteiger partial charge in [-0.3, -0.25) is 14.6 Å². The van der Waals surface area contributed by atoms with E-state index in [-0.39, 0.29) is 23.6 Å². The van der Waals surface area contributed by atoms with Crippen LogP contribution in [0.3, 0.4) is 0 Å². The van der Waals surface area contributed by atoms with Gasteiger partial charge in [0.25, 0.3) is 5.91 Å². The van der Waals surface area contributed by atoms with E-state index in [1.165, 1.54) is 6.92 Å². The van der Waals surface area contributed by atoms with E-state index in [1.807, 2.05) is 19.1 Å². The van der Waals surface area contributed by atoms with Crippen molar-refractivity contribution in [2.24, 2.45) is 0 Å². The van der Waals surface area contributed by atoms with Gasteiger partial charge in [0.05, 0.1) is 11.6 Å². The number of halogens is 4. The van der Waals surface area contributed by atoms with Crippen LogP contribution in [0, 0.1) is 0 Å². The average molecular weight is 488 g/mol. The Balaban J connectivity index is 1.73. The van der Waals surface area contributed by atoms with E-state index >= 15 is 0 Å². The van der Waals surface area contributed by atoms with Gasteiger partial charge in [-0.2, -0.15) is 13.2 Å². The predicted molar refractivity (Wildman–Crippen MR) is 124 cm³/mol. The molecule has 2 heterocycles. The average Bonchev–Trinajstić information content (AvgIpc) is 2.79. The zero-order valence-electron chi connectivity index (χ0n) is 18.4. The molecule has 0 saturated heterocycles. The van der Waals surface area contributed by atoms with Gasteiger partial charge in [-0.25, -0.2) is 0 Å². The Hall–Kier alpha value is -3.39. The lowest BCUT2D eigenvalue weighted by atomic mass is 9.89. The molecule has 2 amide bonds. The molecule has 1 aliphatic rings. The minimum absolute atomic E-state index is 0.0502. The first-order valence-electron chi connectivity index (χ1n) is 10.6. The molecule has 34 heavy (non-hydrogen) atoms. The molecule has 0 radical (unpaired) electrons. The number of rotatable bonds is 3. The highest BCUT2D eigenvalue weighted by atomic mass is 35.5. The number of amides is 2. The van der Waals surface area contributed by atoms with Crippen LogP contribution in [-0.2, 0) is 11.0 Å². The minimum Gasteiger partial charge on any atom is -0.305 e. The summed E-state index contributed by atoms with van der Waals surface area (Å²) >= 11 is 6.02. The number of hydrogen-bond acceptors (Lipinski definition) is 3. The molecular formula is C25H21ClF3N3O2. The summed E-state index contributed by atoms with van der Waals surface area (Å²) in [6.07, 6.45) is -3.21. The number of fused-ring (bicyclic) bond motifs is 1. The van der Waals surface area contributed by atoms with Gasteiger partial charge >= 0.3 is 6.18 Å². The molecule has 1 aromatic heterocycles. The van der Waals surface area contributed by atoms with Crippen molar-refractivity contribution >= 4 is 34.8 Å². The van der Waals surface area contributed by atoms with Gasteiger partial charge in [0.15, 0.2) is 0 Å². The van der Waals surface area contributed by atoms with Gasteiger partial charge in [-0.05, 0) is 61.4 Å². The first kappa shape index (κ1) is 23.8. The fraction of sp³-hybridized carbons (Fsp3) is 0.240. The molecule has 1 aliphatic heterocycles. The maximum atomic E-state index is 13.4. The molecule has 0 N–H and O–H groups in total. The normalized spacial score (nSPS) is 17.8. The zero-order chi connectivity index (χ0) is 24.6. The molecule has 0 spiro atoms. The number of pyridine rings is 1.